The molecule has 2 aromatic rings. The van der Waals surface area contributed by atoms with Crippen LogP contribution in [0.2, 0.25) is 0 Å². The molecule has 33 heavy (non-hydrogen) atoms. The monoisotopic (exact) mass is 472 g/mol. The topological polar surface area (TPSA) is 111 Å². The standard InChI is InChI=1S/C22H22N2O5S.C2H6O/c1-14-20(24(26)27)19(21(15(2)23-14)29-22(25)28-3)17-10-7-11-18(12-17)30-13-16-8-5-4-6-9-16;1-2-3/h4-12,19,23H,13H2,1-3H3;3H,2H2,1H3. The van der Waals surface area contributed by atoms with Crippen LogP contribution in [-0.4, -0.2) is 29.9 Å². The molecule has 0 aromatic heterocycles. The fourth-order valence-corrected chi connectivity index (χ4v) is 4.23. The highest BCUT2D eigenvalue weighted by Crippen LogP contribution is 2.40. The summed E-state index contributed by atoms with van der Waals surface area (Å²) < 4.78 is 9.93. The first kappa shape index (κ1) is 26.0. The fraction of sp³-hybridized carbons (Fsp3) is 0.292. The van der Waals surface area contributed by atoms with Crippen molar-refractivity contribution in [3.63, 3.8) is 0 Å². The van der Waals surface area contributed by atoms with Crippen molar-refractivity contribution < 1.29 is 24.3 Å². The van der Waals surface area contributed by atoms with Crippen LogP contribution < -0.4 is 5.32 Å². The third kappa shape index (κ3) is 7.10. The molecule has 2 aromatic carbocycles. The predicted octanol–water partition coefficient (Wildman–Crippen LogP) is 5.19. The third-order valence-electron chi connectivity index (χ3n) is 4.66. The number of benzene rings is 2. The third-order valence-corrected chi connectivity index (χ3v) is 5.73. The maximum absolute atomic E-state index is 11.9. The normalized spacial score (nSPS) is 15.2. The summed E-state index contributed by atoms with van der Waals surface area (Å²) in [7, 11) is 1.19. The summed E-state index contributed by atoms with van der Waals surface area (Å²) in [5, 5.41) is 22.4. The van der Waals surface area contributed by atoms with E-state index in [4.69, 9.17) is 9.84 Å². The summed E-state index contributed by atoms with van der Waals surface area (Å²) in [4.78, 5) is 24.2. The molecule has 1 aliphatic heterocycles. The van der Waals surface area contributed by atoms with Crippen molar-refractivity contribution in [3.8, 4) is 0 Å². The van der Waals surface area contributed by atoms with Crippen molar-refractivity contribution in [2.24, 2.45) is 0 Å². The molecule has 0 fully saturated rings. The summed E-state index contributed by atoms with van der Waals surface area (Å²) >= 11 is 1.63. The van der Waals surface area contributed by atoms with Crippen LogP contribution >= 0.6 is 11.8 Å². The second kappa shape index (κ2) is 12.7. The minimum absolute atomic E-state index is 0.0651. The molecular weight excluding hydrogens is 444 g/mol. The Morgan fingerprint density at radius 3 is 2.42 bits per heavy atom. The molecule has 1 unspecified atom stereocenters. The van der Waals surface area contributed by atoms with E-state index in [1.54, 1.807) is 38.6 Å². The Morgan fingerprint density at radius 2 is 1.82 bits per heavy atom. The van der Waals surface area contributed by atoms with Crippen LogP contribution in [0.15, 0.2) is 82.3 Å². The molecule has 0 spiro atoms. The Balaban J connectivity index is 0.00000122. The zero-order valence-corrected chi connectivity index (χ0v) is 19.8. The van der Waals surface area contributed by atoms with Crippen molar-refractivity contribution in [3.05, 3.63) is 98.7 Å². The highest BCUT2D eigenvalue weighted by molar-refractivity contribution is 7.98. The van der Waals surface area contributed by atoms with Gasteiger partial charge >= 0.3 is 6.16 Å². The maximum atomic E-state index is 11.9. The van der Waals surface area contributed by atoms with E-state index in [9.17, 15) is 14.9 Å². The number of methoxy groups -OCH3 is 1. The number of hydrogen-bond acceptors (Lipinski definition) is 8. The number of aliphatic hydroxyl groups excluding tert-OH is 1. The number of thioether (sulfide) groups is 1. The number of ether oxygens (including phenoxy) is 2. The minimum atomic E-state index is -0.923. The van der Waals surface area contributed by atoms with E-state index in [-0.39, 0.29) is 18.1 Å². The van der Waals surface area contributed by atoms with Gasteiger partial charge in [0.15, 0.2) is 0 Å². The zero-order chi connectivity index (χ0) is 24.4. The number of rotatable bonds is 6. The maximum Gasteiger partial charge on any atom is 0.513 e. The molecule has 9 heteroatoms. The summed E-state index contributed by atoms with van der Waals surface area (Å²) in [6, 6.07) is 17.5. The molecule has 0 saturated carbocycles. The van der Waals surface area contributed by atoms with Crippen molar-refractivity contribution in [1.29, 1.82) is 0 Å². The summed E-state index contributed by atoms with van der Waals surface area (Å²) in [5.74, 6) is 0.0930. The van der Waals surface area contributed by atoms with E-state index in [1.165, 1.54) is 12.7 Å². The second-order valence-electron chi connectivity index (χ2n) is 7.03. The smallest absolute Gasteiger partial charge is 0.437 e. The van der Waals surface area contributed by atoms with Crippen LogP contribution in [0.5, 0.6) is 0 Å². The number of aliphatic hydroxyl groups is 1. The lowest BCUT2D eigenvalue weighted by atomic mass is 9.89. The van der Waals surface area contributed by atoms with Gasteiger partial charge < -0.3 is 19.9 Å². The number of nitrogens with zero attached hydrogens (tertiary/aromatic N) is 1. The summed E-state index contributed by atoms with van der Waals surface area (Å²) in [6.45, 7) is 5.27. The average Bonchev–Trinajstić information content (AvgIpc) is 2.80. The van der Waals surface area contributed by atoms with Crippen LogP contribution in [-0.2, 0) is 15.2 Å². The Hall–Kier alpha value is -3.30. The molecule has 1 heterocycles. The van der Waals surface area contributed by atoms with E-state index in [1.807, 2.05) is 36.4 Å². The molecule has 0 radical (unpaired) electrons. The van der Waals surface area contributed by atoms with E-state index >= 15 is 0 Å². The first-order valence-electron chi connectivity index (χ1n) is 10.3. The lowest BCUT2D eigenvalue weighted by Crippen LogP contribution is -2.29. The highest BCUT2D eigenvalue weighted by atomic mass is 32.2. The van der Waals surface area contributed by atoms with Gasteiger partial charge in [0.2, 0.25) is 0 Å². The fourth-order valence-electron chi connectivity index (χ4n) is 3.31. The molecular formula is C24H28N2O6S. The molecule has 1 aliphatic rings. The quantitative estimate of drug-likeness (QED) is 0.256. The van der Waals surface area contributed by atoms with Crippen LogP contribution in [0.25, 0.3) is 0 Å². The average molecular weight is 473 g/mol. The van der Waals surface area contributed by atoms with Gasteiger partial charge in [-0.15, -0.1) is 11.8 Å². The van der Waals surface area contributed by atoms with E-state index in [0.717, 1.165) is 10.6 Å². The van der Waals surface area contributed by atoms with Gasteiger partial charge in [-0.3, -0.25) is 10.1 Å². The summed E-state index contributed by atoms with van der Waals surface area (Å²) in [6.07, 6.45) is -0.923. The minimum Gasteiger partial charge on any atom is -0.437 e. The van der Waals surface area contributed by atoms with Crippen molar-refractivity contribution in [2.45, 2.75) is 37.3 Å². The SMILES string of the molecule is CCO.COC(=O)OC1=C(C)NC(C)=C([N+](=O)[O-])C1c1cccc(SCc2ccccc2)c1. The first-order chi connectivity index (χ1) is 15.8. The molecule has 0 saturated heterocycles. The molecule has 3 rings (SSSR count). The number of dihydropyridines is 1. The van der Waals surface area contributed by atoms with Crippen LogP contribution in [0, 0.1) is 10.1 Å². The largest absolute Gasteiger partial charge is 0.513 e. The van der Waals surface area contributed by atoms with Gasteiger partial charge in [0, 0.05) is 17.3 Å². The lowest BCUT2D eigenvalue weighted by molar-refractivity contribution is -0.431. The van der Waals surface area contributed by atoms with E-state index < -0.39 is 17.0 Å². The zero-order valence-electron chi connectivity index (χ0n) is 19.0. The molecule has 0 amide bonds. The molecule has 176 valence electrons. The molecule has 2 N–H and O–H groups in total. The first-order valence-corrected chi connectivity index (χ1v) is 11.3. The Kier molecular flexibility index (Phi) is 9.96. The number of carbonyl (C=O) groups excluding carboxylic acids is 1. The Morgan fingerprint density at radius 1 is 1.15 bits per heavy atom. The van der Waals surface area contributed by atoms with Gasteiger partial charge in [-0.1, -0.05) is 42.5 Å². The number of allylic oxidation sites excluding steroid dienone is 2. The predicted molar refractivity (Wildman–Crippen MR) is 127 cm³/mol. The highest BCUT2D eigenvalue weighted by Gasteiger charge is 2.39. The molecule has 1 atom stereocenters. The van der Waals surface area contributed by atoms with Gasteiger partial charge in [-0.05, 0) is 44.0 Å². The molecule has 0 aliphatic carbocycles. The van der Waals surface area contributed by atoms with Crippen LogP contribution in [0.3, 0.4) is 0 Å². The lowest BCUT2D eigenvalue weighted by Gasteiger charge is -2.26. The van der Waals surface area contributed by atoms with Crippen molar-refractivity contribution in [1.82, 2.24) is 5.32 Å². The number of carbonyl (C=O) groups is 1. The molecule has 0 bridgehead atoms. The second-order valence-corrected chi connectivity index (χ2v) is 8.08. The van der Waals surface area contributed by atoms with Gasteiger partial charge in [0.1, 0.15) is 11.7 Å². The van der Waals surface area contributed by atoms with Gasteiger partial charge in [0.05, 0.1) is 23.4 Å². The van der Waals surface area contributed by atoms with Crippen LogP contribution in [0.4, 0.5) is 4.79 Å². The van der Waals surface area contributed by atoms with Gasteiger partial charge in [-0.25, -0.2) is 4.79 Å². The Labute approximate surface area is 197 Å². The van der Waals surface area contributed by atoms with Gasteiger partial charge in [0.25, 0.3) is 5.70 Å². The summed E-state index contributed by atoms with van der Waals surface area (Å²) in [5.41, 5.74) is 2.71. The number of hydrogen-bond donors (Lipinski definition) is 2. The van der Waals surface area contributed by atoms with E-state index in [2.05, 4.69) is 22.2 Å². The van der Waals surface area contributed by atoms with Crippen molar-refractivity contribution >= 4 is 17.9 Å². The van der Waals surface area contributed by atoms with E-state index in [0.29, 0.717) is 17.0 Å². The number of nitro groups is 1. The van der Waals surface area contributed by atoms with Crippen LogP contribution in [0.1, 0.15) is 37.8 Å². The Bertz CT molecular complexity index is 1040. The number of nitrogens with one attached hydrogen (secondary N) is 1. The van der Waals surface area contributed by atoms with Crippen molar-refractivity contribution in [2.75, 3.05) is 13.7 Å². The molecule has 8 nitrogen and oxygen atoms in total. The van der Waals surface area contributed by atoms with Gasteiger partial charge in [-0.2, -0.15) is 0 Å².